The van der Waals surface area contributed by atoms with Crippen LogP contribution in [0.25, 0.3) is 0 Å². The van der Waals surface area contributed by atoms with Gasteiger partial charge in [-0.1, -0.05) is 22.9 Å². The average Bonchev–Trinajstić information content (AvgIpc) is 2.20. The number of hydrogen-bond acceptors (Lipinski definition) is 2. The van der Waals surface area contributed by atoms with E-state index in [1.807, 2.05) is 12.1 Å². The first kappa shape index (κ1) is 11.0. The minimum Gasteiger partial charge on any atom is -0.487 e. The van der Waals surface area contributed by atoms with E-state index in [-0.39, 0.29) is 11.6 Å². The van der Waals surface area contributed by atoms with Gasteiger partial charge in [0.2, 0.25) is 0 Å². The van der Waals surface area contributed by atoms with E-state index in [1.54, 1.807) is 0 Å². The maximum Gasteiger partial charge on any atom is 0.124 e. The Morgan fingerprint density at radius 2 is 2.33 bits per heavy atom. The molecule has 0 bridgehead atoms. The van der Waals surface area contributed by atoms with Gasteiger partial charge in [0.05, 0.1) is 0 Å². The molecule has 0 fully saturated rings. The van der Waals surface area contributed by atoms with Gasteiger partial charge in [0.1, 0.15) is 11.4 Å². The van der Waals surface area contributed by atoms with Crippen molar-refractivity contribution in [3.63, 3.8) is 0 Å². The maximum atomic E-state index is 6.17. The highest BCUT2D eigenvalue weighted by Gasteiger charge is 2.34. The second kappa shape index (κ2) is 3.80. The Hall–Kier alpha value is -0.540. The number of ether oxygens (including phenoxy) is 1. The highest BCUT2D eigenvalue weighted by atomic mass is 79.9. The van der Waals surface area contributed by atoms with Crippen molar-refractivity contribution in [2.45, 2.75) is 38.3 Å². The highest BCUT2D eigenvalue weighted by Crippen LogP contribution is 2.40. The van der Waals surface area contributed by atoms with Crippen LogP contribution >= 0.6 is 15.9 Å². The van der Waals surface area contributed by atoms with Gasteiger partial charge in [-0.25, -0.2) is 0 Å². The molecule has 0 aliphatic carbocycles. The van der Waals surface area contributed by atoms with Gasteiger partial charge in [-0.3, -0.25) is 0 Å². The zero-order valence-corrected chi connectivity index (χ0v) is 10.7. The predicted octanol–water partition coefficient (Wildman–Crippen LogP) is 3.40. The zero-order chi connectivity index (χ0) is 11.1. The highest BCUT2D eigenvalue weighted by molar-refractivity contribution is 9.10. The molecular weight excluding hydrogens is 254 g/mol. The van der Waals surface area contributed by atoms with Crippen molar-refractivity contribution in [1.29, 1.82) is 0 Å². The molecule has 2 nitrogen and oxygen atoms in total. The lowest BCUT2D eigenvalue weighted by Crippen LogP contribution is -2.39. The van der Waals surface area contributed by atoms with Crippen LogP contribution in [0.4, 0.5) is 0 Å². The summed E-state index contributed by atoms with van der Waals surface area (Å²) in [4.78, 5) is 0. The Balaban J connectivity index is 2.41. The average molecular weight is 270 g/mol. The third-order valence-electron chi connectivity index (χ3n) is 3.13. The lowest BCUT2D eigenvalue weighted by atomic mass is 9.87. The lowest BCUT2D eigenvalue weighted by molar-refractivity contribution is 0.0503. The number of hydrogen-bond donors (Lipinski definition) is 1. The van der Waals surface area contributed by atoms with Crippen molar-refractivity contribution < 1.29 is 4.74 Å². The van der Waals surface area contributed by atoms with Crippen LogP contribution in [-0.2, 0) is 0 Å². The summed E-state index contributed by atoms with van der Waals surface area (Å²) in [6, 6.07) is 6.12. The monoisotopic (exact) mass is 269 g/mol. The minimum atomic E-state index is -0.111. The van der Waals surface area contributed by atoms with E-state index in [0.717, 1.165) is 28.6 Å². The molecule has 0 saturated heterocycles. The fraction of sp³-hybridized carbons (Fsp3) is 0.500. The second-order valence-corrected chi connectivity index (χ2v) is 5.31. The summed E-state index contributed by atoms with van der Waals surface area (Å²) in [5, 5.41) is 0. The number of halogens is 1. The molecule has 0 amide bonds. The Morgan fingerprint density at radius 3 is 3.00 bits per heavy atom. The van der Waals surface area contributed by atoms with Crippen LogP contribution in [-0.4, -0.2) is 5.60 Å². The van der Waals surface area contributed by atoms with E-state index in [4.69, 9.17) is 10.5 Å². The van der Waals surface area contributed by atoms with E-state index in [1.165, 1.54) is 0 Å². The predicted molar refractivity (Wildman–Crippen MR) is 65.0 cm³/mol. The molecule has 2 unspecified atom stereocenters. The summed E-state index contributed by atoms with van der Waals surface area (Å²) >= 11 is 3.45. The first-order valence-electron chi connectivity index (χ1n) is 5.28. The van der Waals surface area contributed by atoms with E-state index in [9.17, 15) is 0 Å². The van der Waals surface area contributed by atoms with Crippen LogP contribution in [0.5, 0.6) is 5.75 Å². The largest absolute Gasteiger partial charge is 0.487 e. The van der Waals surface area contributed by atoms with Gasteiger partial charge >= 0.3 is 0 Å². The Morgan fingerprint density at radius 1 is 1.60 bits per heavy atom. The molecule has 1 aliphatic heterocycles. The molecule has 0 radical (unpaired) electrons. The van der Waals surface area contributed by atoms with Crippen molar-refractivity contribution >= 4 is 15.9 Å². The summed E-state index contributed by atoms with van der Waals surface area (Å²) in [6.07, 6.45) is 1.86. The Bertz CT molecular complexity index is 380. The van der Waals surface area contributed by atoms with Gasteiger partial charge in [0.15, 0.2) is 0 Å². The standard InChI is InChI=1S/C12H16BrNO/c1-3-12(2)7-10(14)9-6-8(13)4-5-11(9)15-12/h4-6,10H,3,7,14H2,1-2H3. The molecule has 0 spiro atoms. The van der Waals surface area contributed by atoms with Gasteiger partial charge in [-0.2, -0.15) is 0 Å². The van der Waals surface area contributed by atoms with Crippen LogP contribution < -0.4 is 10.5 Å². The molecule has 1 aliphatic rings. The molecule has 82 valence electrons. The second-order valence-electron chi connectivity index (χ2n) is 4.40. The van der Waals surface area contributed by atoms with Crippen LogP contribution in [0.15, 0.2) is 22.7 Å². The van der Waals surface area contributed by atoms with Crippen molar-refractivity contribution in [2.24, 2.45) is 5.73 Å². The summed E-state index contributed by atoms with van der Waals surface area (Å²) in [5.74, 6) is 0.932. The molecule has 15 heavy (non-hydrogen) atoms. The first-order valence-corrected chi connectivity index (χ1v) is 6.07. The maximum absolute atomic E-state index is 6.17. The van der Waals surface area contributed by atoms with Crippen molar-refractivity contribution in [3.05, 3.63) is 28.2 Å². The van der Waals surface area contributed by atoms with E-state index < -0.39 is 0 Å². The zero-order valence-electron chi connectivity index (χ0n) is 9.09. The summed E-state index contributed by atoms with van der Waals surface area (Å²) in [7, 11) is 0. The Labute approximate surface area is 98.9 Å². The van der Waals surface area contributed by atoms with Gasteiger partial charge in [0.25, 0.3) is 0 Å². The molecule has 1 aromatic rings. The fourth-order valence-electron chi connectivity index (χ4n) is 2.00. The molecule has 1 heterocycles. The third kappa shape index (κ3) is 2.04. The van der Waals surface area contributed by atoms with Crippen molar-refractivity contribution in [3.8, 4) is 5.75 Å². The SMILES string of the molecule is CCC1(C)CC(N)c2cc(Br)ccc2O1. The van der Waals surface area contributed by atoms with Crippen LogP contribution in [0.3, 0.4) is 0 Å². The van der Waals surface area contributed by atoms with Crippen LogP contribution in [0, 0.1) is 0 Å². The number of benzene rings is 1. The molecule has 1 aromatic carbocycles. The van der Waals surface area contributed by atoms with Crippen LogP contribution in [0.2, 0.25) is 0 Å². The molecular formula is C12H16BrNO. The molecule has 3 heteroatoms. The van der Waals surface area contributed by atoms with Gasteiger partial charge < -0.3 is 10.5 Å². The Kier molecular flexibility index (Phi) is 2.77. The molecule has 0 aromatic heterocycles. The van der Waals surface area contributed by atoms with Gasteiger partial charge in [-0.05, 0) is 31.5 Å². The summed E-state index contributed by atoms with van der Waals surface area (Å²) in [6.45, 7) is 4.26. The van der Waals surface area contributed by atoms with Gasteiger partial charge in [0, 0.05) is 22.5 Å². The van der Waals surface area contributed by atoms with E-state index in [0.29, 0.717) is 0 Å². The quantitative estimate of drug-likeness (QED) is 0.848. The summed E-state index contributed by atoms with van der Waals surface area (Å²) < 4.78 is 7.05. The molecule has 2 atom stereocenters. The number of fused-ring (bicyclic) bond motifs is 1. The van der Waals surface area contributed by atoms with E-state index in [2.05, 4.69) is 35.8 Å². The van der Waals surface area contributed by atoms with Crippen molar-refractivity contribution in [2.75, 3.05) is 0 Å². The van der Waals surface area contributed by atoms with Crippen molar-refractivity contribution in [1.82, 2.24) is 0 Å². The number of nitrogens with two attached hydrogens (primary N) is 1. The van der Waals surface area contributed by atoms with Gasteiger partial charge in [-0.15, -0.1) is 0 Å². The smallest absolute Gasteiger partial charge is 0.124 e. The normalized spacial score (nSPS) is 29.5. The fourth-order valence-corrected chi connectivity index (χ4v) is 2.38. The van der Waals surface area contributed by atoms with E-state index >= 15 is 0 Å². The first-order chi connectivity index (χ1) is 7.04. The minimum absolute atomic E-state index is 0.0798. The summed E-state index contributed by atoms with van der Waals surface area (Å²) in [5.41, 5.74) is 7.16. The topological polar surface area (TPSA) is 35.2 Å². The molecule has 2 N–H and O–H groups in total. The lowest BCUT2D eigenvalue weighted by Gasteiger charge is -2.38. The molecule has 2 rings (SSSR count). The van der Waals surface area contributed by atoms with Crippen LogP contribution in [0.1, 0.15) is 38.3 Å². The number of rotatable bonds is 1. The third-order valence-corrected chi connectivity index (χ3v) is 3.62. The molecule has 0 saturated carbocycles.